The molecular formula is C9H10BrN3O2. The van der Waals surface area contributed by atoms with Gasteiger partial charge in [0.15, 0.2) is 5.82 Å². The molecule has 0 N–H and O–H groups in total. The van der Waals surface area contributed by atoms with Crippen molar-refractivity contribution in [1.82, 2.24) is 9.97 Å². The second-order valence-electron chi connectivity index (χ2n) is 2.98. The molecule has 1 aromatic heterocycles. The van der Waals surface area contributed by atoms with Crippen LogP contribution in [0, 0.1) is 6.92 Å². The number of imide groups is 1. The Morgan fingerprint density at radius 3 is 2.27 bits per heavy atom. The van der Waals surface area contributed by atoms with Gasteiger partial charge in [-0.3, -0.25) is 9.59 Å². The first-order valence-electron chi connectivity index (χ1n) is 4.24. The zero-order valence-electron chi connectivity index (χ0n) is 8.61. The number of carbonyl (C=O) groups is 2. The molecule has 0 atom stereocenters. The van der Waals surface area contributed by atoms with Crippen molar-refractivity contribution in [3.63, 3.8) is 0 Å². The Bertz CT molecular complexity index is 406. The average Bonchev–Trinajstić information content (AvgIpc) is 2.08. The van der Waals surface area contributed by atoms with Crippen LogP contribution in [-0.2, 0) is 9.59 Å². The fraction of sp³-hybridized carbons (Fsp3) is 0.333. The molecule has 0 saturated heterocycles. The minimum absolute atomic E-state index is 0.276. The largest absolute Gasteiger partial charge is 0.274 e. The van der Waals surface area contributed by atoms with Crippen LogP contribution in [-0.4, -0.2) is 21.8 Å². The maximum absolute atomic E-state index is 11.2. The molecule has 2 amide bonds. The number of hydrogen-bond donors (Lipinski definition) is 0. The lowest BCUT2D eigenvalue weighted by molar-refractivity contribution is -0.124. The number of hydrogen-bond acceptors (Lipinski definition) is 4. The quantitative estimate of drug-likeness (QED) is 0.776. The first-order valence-corrected chi connectivity index (χ1v) is 5.03. The van der Waals surface area contributed by atoms with Crippen LogP contribution >= 0.6 is 15.9 Å². The molecule has 0 bridgehead atoms. The number of anilines is 1. The summed E-state index contributed by atoms with van der Waals surface area (Å²) in [5, 5.41) is 0. The third-order valence-electron chi connectivity index (χ3n) is 1.73. The molecule has 0 spiro atoms. The van der Waals surface area contributed by atoms with Crippen LogP contribution in [0.2, 0.25) is 0 Å². The molecule has 1 rings (SSSR count). The smallest absolute Gasteiger partial charge is 0.231 e. The molecule has 0 fully saturated rings. The van der Waals surface area contributed by atoms with Gasteiger partial charge in [0.25, 0.3) is 0 Å². The van der Waals surface area contributed by atoms with Gasteiger partial charge in [0.05, 0.1) is 11.9 Å². The summed E-state index contributed by atoms with van der Waals surface area (Å²) in [5.74, 6) is -0.470. The van der Waals surface area contributed by atoms with Crippen LogP contribution in [0.4, 0.5) is 5.82 Å². The van der Waals surface area contributed by atoms with Gasteiger partial charge < -0.3 is 0 Å². The van der Waals surface area contributed by atoms with E-state index >= 15 is 0 Å². The monoisotopic (exact) mass is 271 g/mol. The summed E-state index contributed by atoms with van der Waals surface area (Å²) >= 11 is 3.16. The van der Waals surface area contributed by atoms with Crippen molar-refractivity contribution in [2.24, 2.45) is 0 Å². The van der Waals surface area contributed by atoms with Crippen LogP contribution in [0.15, 0.2) is 10.8 Å². The fourth-order valence-electron chi connectivity index (χ4n) is 1.19. The highest BCUT2D eigenvalue weighted by molar-refractivity contribution is 9.10. The molecule has 0 radical (unpaired) electrons. The Hall–Kier alpha value is -1.30. The number of amides is 2. The van der Waals surface area contributed by atoms with Crippen LogP contribution < -0.4 is 4.90 Å². The Balaban J connectivity index is 3.23. The summed E-state index contributed by atoms with van der Waals surface area (Å²) in [6.45, 7) is 4.31. The predicted molar refractivity (Wildman–Crippen MR) is 58.3 cm³/mol. The number of carbonyl (C=O) groups excluding carboxylic acids is 2. The van der Waals surface area contributed by atoms with Gasteiger partial charge in [-0.25, -0.2) is 14.9 Å². The van der Waals surface area contributed by atoms with Gasteiger partial charge in [0, 0.05) is 13.8 Å². The minimum Gasteiger partial charge on any atom is -0.274 e. The molecule has 1 heterocycles. The Labute approximate surface area is 95.6 Å². The summed E-state index contributed by atoms with van der Waals surface area (Å²) in [7, 11) is 0. The van der Waals surface area contributed by atoms with E-state index < -0.39 is 0 Å². The van der Waals surface area contributed by atoms with E-state index in [1.165, 1.54) is 20.0 Å². The number of halogens is 1. The second kappa shape index (κ2) is 4.48. The van der Waals surface area contributed by atoms with Crippen molar-refractivity contribution in [3.8, 4) is 0 Å². The summed E-state index contributed by atoms with van der Waals surface area (Å²) < 4.78 is 0.566. The lowest BCUT2D eigenvalue weighted by Gasteiger charge is -2.17. The standard InChI is InChI=1S/C9H10BrN3O2/c1-5-9(11-4-8(10)12-5)13(6(2)14)7(3)15/h4H,1-3H3. The Kier molecular flexibility index (Phi) is 3.52. The van der Waals surface area contributed by atoms with E-state index in [0.717, 1.165) is 4.90 Å². The maximum atomic E-state index is 11.2. The molecule has 0 aliphatic carbocycles. The van der Waals surface area contributed by atoms with Crippen LogP contribution in [0.25, 0.3) is 0 Å². The highest BCUT2D eigenvalue weighted by Crippen LogP contribution is 2.17. The topological polar surface area (TPSA) is 63.2 Å². The summed E-state index contributed by atoms with van der Waals surface area (Å²) in [4.78, 5) is 31.6. The zero-order valence-corrected chi connectivity index (χ0v) is 10.2. The van der Waals surface area contributed by atoms with Gasteiger partial charge in [-0.05, 0) is 22.9 Å². The molecule has 0 saturated carbocycles. The lowest BCUT2D eigenvalue weighted by atomic mass is 10.3. The molecule has 0 aliphatic heterocycles. The number of rotatable bonds is 1. The molecule has 0 unspecified atom stereocenters. The Morgan fingerprint density at radius 2 is 1.87 bits per heavy atom. The van der Waals surface area contributed by atoms with E-state index in [4.69, 9.17) is 0 Å². The maximum Gasteiger partial charge on any atom is 0.231 e. The van der Waals surface area contributed by atoms with Crippen molar-refractivity contribution >= 4 is 33.6 Å². The fourth-order valence-corrected chi connectivity index (χ4v) is 1.55. The predicted octanol–water partition coefficient (Wildman–Crippen LogP) is 1.45. The van der Waals surface area contributed by atoms with Crippen molar-refractivity contribution in [3.05, 3.63) is 16.5 Å². The van der Waals surface area contributed by atoms with E-state index in [9.17, 15) is 9.59 Å². The van der Waals surface area contributed by atoms with E-state index in [1.807, 2.05) is 0 Å². The molecule has 80 valence electrons. The highest BCUT2D eigenvalue weighted by atomic mass is 79.9. The second-order valence-corrected chi connectivity index (χ2v) is 3.79. The third kappa shape index (κ3) is 2.59. The first kappa shape index (κ1) is 11.8. The van der Waals surface area contributed by atoms with Gasteiger partial charge in [-0.15, -0.1) is 0 Å². The SMILES string of the molecule is CC(=O)N(C(C)=O)c1ncc(Br)nc1C. The summed E-state index contributed by atoms with van der Waals surface area (Å²) in [6, 6.07) is 0. The van der Waals surface area contributed by atoms with Gasteiger partial charge >= 0.3 is 0 Å². The first-order chi connectivity index (χ1) is 6.93. The minimum atomic E-state index is -0.373. The molecular weight excluding hydrogens is 262 g/mol. The molecule has 1 aromatic rings. The molecule has 15 heavy (non-hydrogen) atoms. The van der Waals surface area contributed by atoms with Gasteiger partial charge in [0.2, 0.25) is 11.8 Å². The number of nitrogens with zero attached hydrogens (tertiary/aromatic N) is 3. The van der Waals surface area contributed by atoms with Crippen LogP contribution in [0.3, 0.4) is 0 Å². The van der Waals surface area contributed by atoms with E-state index in [1.54, 1.807) is 6.92 Å². The van der Waals surface area contributed by atoms with Crippen LogP contribution in [0.5, 0.6) is 0 Å². The van der Waals surface area contributed by atoms with Crippen molar-refractivity contribution < 1.29 is 9.59 Å². The normalized spacial score (nSPS) is 9.87. The molecule has 0 aromatic carbocycles. The van der Waals surface area contributed by atoms with Crippen molar-refractivity contribution in [1.29, 1.82) is 0 Å². The number of aromatic nitrogens is 2. The molecule has 0 aliphatic rings. The Morgan fingerprint density at radius 1 is 1.33 bits per heavy atom. The molecule has 5 nitrogen and oxygen atoms in total. The van der Waals surface area contributed by atoms with E-state index in [-0.39, 0.29) is 17.6 Å². The summed E-state index contributed by atoms with van der Waals surface area (Å²) in [6.07, 6.45) is 1.45. The van der Waals surface area contributed by atoms with Crippen LogP contribution in [0.1, 0.15) is 19.5 Å². The van der Waals surface area contributed by atoms with E-state index in [0.29, 0.717) is 10.3 Å². The van der Waals surface area contributed by atoms with E-state index in [2.05, 4.69) is 25.9 Å². The summed E-state index contributed by atoms with van der Waals surface area (Å²) in [5.41, 5.74) is 0.523. The van der Waals surface area contributed by atoms with Crippen molar-refractivity contribution in [2.45, 2.75) is 20.8 Å². The lowest BCUT2D eigenvalue weighted by Crippen LogP contribution is -2.34. The number of aryl methyl sites for hydroxylation is 1. The zero-order chi connectivity index (χ0) is 11.6. The van der Waals surface area contributed by atoms with Gasteiger partial charge in [-0.1, -0.05) is 0 Å². The highest BCUT2D eigenvalue weighted by Gasteiger charge is 2.20. The third-order valence-corrected chi connectivity index (χ3v) is 2.12. The van der Waals surface area contributed by atoms with Gasteiger partial charge in [-0.2, -0.15) is 0 Å². The average molecular weight is 272 g/mol. The van der Waals surface area contributed by atoms with Gasteiger partial charge in [0.1, 0.15) is 4.60 Å². The molecule has 6 heteroatoms. The van der Waals surface area contributed by atoms with Crippen molar-refractivity contribution in [2.75, 3.05) is 4.90 Å².